The maximum absolute atomic E-state index is 12.7. The number of hydrogen-bond acceptors (Lipinski definition) is 4. The molecule has 1 saturated carbocycles. The lowest BCUT2D eigenvalue weighted by atomic mass is 9.91. The van der Waals surface area contributed by atoms with E-state index in [1.807, 2.05) is 6.92 Å². The number of aromatic nitrogens is 1. The minimum absolute atomic E-state index is 0.0137. The van der Waals surface area contributed by atoms with Crippen LogP contribution in [0.1, 0.15) is 36.5 Å². The van der Waals surface area contributed by atoms with Gasteiger partial charge in [0.1, 0.15) is 5.82 Å². The molecule has 0 spiro atoms. The van der Waals surface area contributed by atoms with Crippen LogP contribution in [0.3, 0.4) is 0 Å². The molecule has 2 rings (SSSR count). The minimum atomic E-state index is -0.0616. The normalized spacial score (nSPS) is 14.8. The van der Waals surface area contributed by atoms with Gasteiger partial charge in [0.25, 0.3) is 5.91 Å². The van der Waals surface area contributed by atoms with Gasteiger partial charge < -0.3 is 15.3 Å². The van der Waals surface area contributed by atoms with E-state index in [0.29, 0.717) is 24.5 Å². The summed E-state index contributed by atoms with van der Waals surface area (Å²) < 4.78 is 0.778. The Morgan fingerprint density at radius 2 is 2.35 bits per heavy atom. The van der Waals surface area contributed by atoms with E-state index in [4.69, 9.17) is 0 Å². The molecule has 0 aliphatic heterocycles. The average molecular weight is 342 g/mol. The maximum Gasteiger partial charge on any atom is 0.257 e. The molecule has 1 amide bonds. The zero-order chi connectivity index (χ0) is 14.5. The van der Waals surface area contributed by atoms with Crippen LogP contribution >= 0.6 is 15.9 Å². The molecule has 5 nitrogen and oxygen atoms in total. The average Bonchev–Trinajstić information content (AvgIpc) is 2.38. The van der Waals surface area contributed by atoms with Crippen molar-refractivity contribution in [1.82, 2.24) is 9.88 Å². The SMILES string of the molecule is CCNc1ncc(Br)cc1C(=O)N(CCO)C1CCC1. The van der Waals surface area contributed by atoms with Crippen LogP contribution in [0, 0.1) is 0 Å². The Bertz CT molecular complexity index is 477. The minimum Gasteiger partial charge on any atom is -0.395 e. The van der Waals surface area contributed by atoms with Crippen LogP contribution in [-0.2, 0) is 0 Å². The third kappa shape index (κ3) is 3.30. The number of carbonyl (C=O) groups is 1. The Balaban J connectivity index is 2.27. The van der Waals surface area contributed by atoms with Crippen molar-refractivity contribution in [2.24, 2.45) is 0 Å². The number of amides is 1. The first-order chi connectivity index (χ1) is 9.67. The van der Waals surface area contributed by atoms with E-state index in [0.717, 1.165) is 23.7 Å². The third-order valence-electron chi connectivity index (χ3n) is 3.55. The lowest BCUT2D eigenvalue weighted by molar-refractivity contribution is 0.0526. The number of anilines is 1. The molecule has 1 fully saturated rings. The van der Waals surface area contributed by atoms with E-state index >= 15 is 0 Å². The summed E-state index contributed by atoms with van der Waals surface area (Å²) in [7, 11) is 0. The summed E-state index contributed by atoms with van der Waals surface area (Å²) >= 11 is 3.36. The van der Waals surface area contributed by atoms with Crippen LogP contribution < -0.4 is 5.32 Å². The number of carbonyl (C=O) groups excluding carboxylic acids is 1. The smallest absolute Gasteiger partial charge is 0.257 e. The molecule has 6 heteroatoms. The van der Waals surface area contributed by atoms with Crippen molar-refractivity contribution in [2.75, 3.05) is 25.0 Å². The number of aliphatic hydroxyl groups excluding tert-OH is 1. The van der Waals surface area contributed by atoms with E-state index < -0.39 is 0 Å². The monoisotopic (exact) mass is 341 g/mol. The first-order valence-electron chi connectivity index (χ1n) is 6.98. The lowest BCUT2D eigenvalue weighted by Gasteiger charge is -2.37. The van der Waals surface area contributed by atoms with Gasteiger partial charge in [-0.25, -0.2) is 4.98 Å². The van der Waals surface area contributed by atoms with E-state index in [2.05, 4.69) is 26.2 Å². The standard InChI is InChI=1S/C14H20BrN3O2/c1-2-16-13-12(8-10(15)9-17-13)14(20)18(6-7-19)11-4-3-5-11/h8-9,11,19H,2-7H2,1H3,(H,16,17). The zero-order valence-electron chi connectivity index (χ0n) is 11.6. The molecule has 1 aliphatic carbocycles. The third-order valence-corrected chi connectivity index (χ3v) is 3.98. The second-order valence-corrected chi connectivity index (χ2v) is 5.80. The fraction of sp³-hybridized carbons (Fsp3) is 0.571. The molecule has 1 aromatic rings. The summed E-state index contributed by atoms with van der Waals surface area (Å²) in [6, 6.07) is 2.04. The summed E-state index contributed by atoms with van der Waals surface area (Å²) in [4.78, 5) is 18.8. The molecule has 20 heavy (non-hydrogen) atoms. The number of halogens is 1. The summed E-state index contributed by atoms with van der Waals surface area (Å²) in [5, 5.41) is 12.3. The van der Waals surface area contributed by atoms with Crippen molar-refractivity contribution in [3.8, 4) is 0 Å². The number of hydrogen-bond donors (Lipinski definition) is 2. The van der Waals surface area contributed by atoms with Gasteiger partial charge in [0.2, 0.25) is 0 Å². The van der Waals surface area contributed by atoms with E-state index in [1.165, 1.54) is 0 Å². The molecular weight excluding hydrogens is 322 g/mol. The van der Waals surface area contributed by atoms with Crippen LogP contribution in [0.25, 0.3) is 0 Å². The van der Waals surface area contributed by atoms with Crippen LogP contribution in [0.4, 0.5) is 5.82 Å². The van der Waals surface area contributed by atoms with Crippen molar-refractivity contribution in [2.45, 2.75) is 32.2 Å². The van der Waals surface area contributed by atoms with E-state index in [-0.39, 0.29) is 18.6 Å². The molecular formula is C14H20BrN3O2. The Morgan fingerprint density at radius 1 is 1.60 bits per heavy atom. The maximum atomic E-state index is 12.7. The highest BCUT2D eigenvalue weighted by Crippen LogP contribution is 2.28. The molecule has 1 aliphatic rings. The second-order valence-electron chi connectivity index (χ2n) is 4.89. The van der Waals surface area contributed by atoms with Crippen molar-refractivity contribution in [3.63, 3.8) is 0 Å². The molecule has 0 unspecified atom stereocenters. The molecule has 2 N–H and O–H groups in total. The number of aliphatic hydroxyl groups is 1. The summed E-state index contributed by atoms with van der Waals surface area (Å²) in [6.07, 6.45) is 4.86. The van der Waals surface area contributed by atoms with Gasteiger partial charge >= 0.3 is 0 Å². The summed E-state index contributed by atoms with van der Waals surface area (Å²) in [5.41, 5.74) is 0.557. The Hall–Kier alpha value is -1.14. The van der Waals surface area contributed by atoms with Crippen molar-refractivity contribution < 1.29 is 9.90 Å². The Kier molecular flexibility index (Phi) is 5.37. The van der Waals surface area contributed by atoms with Crippen LogP contribution in [0.15, 0.2) is 16.7 Å². The fourth-order valence-electron chi connectivity index (χ4n) is 2.32. The predicted molar refractivity (Wildman–Crippen MR) is 81.9 cm³/mol. The van der Waals surface area contributed by atoms with Crippen LogP contribution in [-0.4, -0.2) is 46.6 Å². The lowest BCUT2D eigenvalue weighted by Crippen LogP contribution is -2.45. The molecule has 1 heterocycles. The molecule has 0 bridgehead atoms. The quantitative estimate of drug-likeness (QED) is 0.832. The second kappa shape index (κ2) is 7.04. The van der Waals surface area contributed by atoms with Gasteiger partial charge in [-0.2, -0.15) is 0 Å². The van der Waals surface area contributed by atoms with Gasteiger partial charge in [-0.05, 0) is 48.2 Å². The van der Waals surface area contributed by atoms with Gasteiger partial charge in [0, 0.05) is 29.8 Å². The van der Waals surface area contributed by atoms with E-state index in [1.54, 1.807) is 17.2 Å². The molecule has 0 aromatic carbocycles. The van der Waals surface area contributed by atoms with Gasteiger partial charge in [-0.1, -0.05) is 0 Å². The number of nitrogens with zero attached hydrogens (tertiary/aromatic N) is 2. The van der Waals surface area contributed by atoms with Crippen molar-refractivity contribution >= 4 is 27.7 Å². The summed E-state index contributed by atoms with van der Waals surface area (Å²) in [5.74, 6) is 0.538. The van der Waals surface area contributed by atoms with Gasteiger partial charge in [-0.15, -0.1) is 0 Å². The first kappa shape index (κ1) is 15.3. The molecule has 0 atom stereocenters. The van der Waals surface area contributed by atoms with Crippen molar-refractivity contribution in [1.29, 1.82) is 0 Å². The highest BCUT2D eigenvalue weighted by molar-refractivity contribution is 9.10. The van der Waals surface area contributed by atoms with Gasteiger partial charge in [-0.3, -0.25) is 4.79 Å². The Labute approximate surface area is 127 Å². The molecule has 0 radical (unpaired) electrons. The Morgan fingerprint density at radius 3 is 2.90 bits per heavy atom. The fourth-order valence-corrected chi connectivity index (χ4v) is 2.65. The number of pyridine rings is 1. The molecule has 110 valence electrons. The largest absolute Gasteiger partial charge is 0.395 e. The summed E-state index contributed by atoms with van der Waals surface area (Å²) in [6.45, 7) is 3.04. The number of nitrogens with one attached hydrogen (secondary N) is 1. The van der Waals surface area contributed by atoms with Crippen molar-refractivity contribution in [3.05, 3.63) is 22.3 Å². The van der Waals surface area contributed by atoms with E-state index in [9.17, 15) is 9.90 Å². The van der Waals surface area contributed by atoms with Gasteiger partial charge in [0.15, 0.2) is 0 Å². The molecule has 0 saturated heterocycles. The predicted octanol–water partition coefficient (Wildman–Crippen LogP) is 2.26. The highest BCUT2D eigenvalue weighted by atomic mass is 79.9. The van der Waals surface area contributed by atoms with Crippen LogP contribution in [0.2, 0.25) is 0 Å². The zero-order valence-corrected chi connectivity index (χ0v) is 13.2. The first-order valence-corrected chi connectivity index (χ1v) is 7.78. The van der Waals surface area contributed by atoms with Gasteiger partial charge in [0.05, 0.1) is 12.2 Å². The number of rotatable bonds is 6. The highest BCUT2D eigenvalue weighted by Gasteiger charge is 2.30. The topological polar surface area (TPSA) is 65.5 Å². The van der Waals surface area contributed by atoms with Crippen LogP contribution in [0.5, 0.6) is 0 Å². The molecule has 1 aromatic heterocycles.